The summed E-state index contributed by atoms with van der Waals surface area (Å²) in [6.07, 6.45) is 1.48. The van der Waals surface area contributed by atoms with Gasteiger partial charge < -0.3 is 10.7 Å². The first-order valence-corrected chi connectivity index (χ1v) is 5.68. The molecule has 0 aliphatic carbocycles. The molecule has 0 saturated heterocycles. The van der Waals surface area contributed by atoms with E-state index in [9.17, 15) is 9.18 Å². The van der Waals surface area contributed by atoms with Crippen LogP contribution in [0, 0.1) is 5.82 Å². The van der Waals surface area contributed by atoms with Crippen molar-refractivity contribution in [3.8, 4) is 0 Å². The maximum absolute atomic E-state index is 13.7. The SMILES string of the molecule is NNc1ncccc1C(=O)Nc1cccc(Cl)c1F. The summed E-state index contributed by atoms with van der Waals surface area (Å²) in [7, 11) is 0. The summed E-state index contributed by atoms with van der Waals surface area (Å²) in [6.45, 7) is 0. The Balaban J connectivity index is 2.28. The number of pyridine rings is 1. The van der Waals surface area contributed by atoms with Crippen LogP contribution in [0.5, 0.6) is 0 Å². The number of benzene rings is 1. The molecule has 0 unspecified atom stereocenters. The summed E-state index contributed by atoms with van der Waals surface area (Å²) < 4.78 is 13.7. The monoisotopic (exact) mass is 280 g/mol. The topological polar surface area (TPSA) is 80.0 Å². The van der Waals surface area contributed by atoms with Gasteiger partial charge in [-0.25, -0.2) is 15.2 Å². The van der Waals surface area contributed by atoms with Crippen LogP contribution in [0.3, 0.4) is 0 Å². The largest absolute Gasteiger partial charge is 0.319 e. The first-order chi connectivity index (χ1) is 9.13. The third-order valence-corrected chi connectivity index (χ3v) is 2.68. The highest BCUT2D eigenvalue weighted by atomic mass is 35.5. The van der Waals surface area contributed by atoms with Gasteiger partial charge in [-0.1, -0.05) is 17.7 Å². The average molecular weight is 281 g/mol. The Hall–Kier alpha value is -2.18. The number of hydrazine groups is 1. The average Bonchev–Trinajstić information content (AvgIpc) is 2.43. The van der Waals surface area contributed by atoms with E-state index in [1.807, 2.05) is 0 Å². The predicted molar refractivity (Wildman–Crippen MR) is 71.4 cm³/mol. The first-order valence-electron chi connectivity index (χ1n) is 5.30. The van der Waals surface area contributed by atoms with Gasteiger partial charge in [-0.3, -0.25) is 4.79 Å². The van der Waals surface area contributed by atoms with Gasteiger partial charge in [0.1, 0.15) is 0 Å². The van der Waals surface area contributed by atoms with Gasteiger partial charge in [0.25, 0.3) is 5.91 Å². The van der Waals surface area contributed by atoms with Crippen molar-refractivity contribution < 1.29 is 9.18 Å². The lowest BCUT2D eigenvalue weighted by atomic mass is 10.2. The van der Waals surface area contributed by atoms with E-state index in [0.717, 1.165) is 0 Å². The lowest BCUT2D eigenvalue weighted by Crippen LogP contribution is -2.18. The minimum absolute atomic E-state index is 0.00988. The van der Waals surface area contributed by atoms with Gasteiger partial charge in [-0.05, 0) is 24.3 Å². The number of nitrogen functional groups attached to an aromatic ring is 1. The second kappa shape index (κ2) is 5.64. The first kappa shape index (κ1) is 13.3. The van der Waals surface area contributed by atoms with E-state index in [2.05, 4.69) is 15.7 Å². The van der Waals surface area contributed by atoms with Crippen molar-refractivity contribution in [3.63, 3.8) is 0 Å². The number of aromatic nitrogens is 1. The van der Waals surface area contributed by atoms with Crippen molar-refractivity contribution in [2.24, 2.45) is 5.84 Å². The van der Waals surface area contributed by atoms with Crippen LogP contribution in [0.1, 0.15) is 10.4 Å². The summed E-state index contributed by atoms with van der Waals surface area (Å²) in [4.78, 5) is 15.9. The molecule has 2 rings (SSSR count). The van der Waals surface area contributed by atoms with Crippen LogP contribution in [0.4, 0.5) is 15.9 Å². The molecule has 0 fully saturated rings. The van der Waals surface area contributed by atoms with E-state index in [0.29, 0.717) is 0 Å². The lowest BCUT2D eigenvalue weighted by Gasteiger charge is -2.09. The molecule has 0 saturated carbocycles. The highest BCUT2D eigenvalue weighted by Gasteiger charge is 2.14. The number of rotatable bonds is 3. The molecule has 0 radical (unpaired) electrons. The standard InChI is InChI=1S/C12H10ClFN4O/c13-8-4-1-5-9(10(8)14)17-12(19)7-3-2-6-16-11(7)18-15/h1-6H,15H2,(H,16,18)(H,17,19). The van der Waals surface area contributed by atoms with Gasteiger partial charge in [-0.15, -0.1) is 0 Å². The highest BCUT2D eigenvalue weighted by molar-refractivity contribution is 6.31. The lowest BCUT2D eigenvalue weighted by molar-refractivity contribution is 0.102. The Morgan fingerprint density at radius 1 is 1.32 bits per heavy atom. The number of nitrogens with one attached hydrogen (secondary N) is 2. The molecule has 0 spiro atoms. The summed E-state index contributed by atoms with van der Waals surface area (Å²) in [5, 5.41) is 2.34. The highest BCUT2D eigenvalue weighted by Crippen LogP contribution is 2.23. The molecule has 1 aromatic heterocycles. The van der Waals surface area contributed by atoms with Crippen LogP contribution in [-0.4, -0.2) is 10.9 Å². The van der Waals surface area contributed by atoms with E-state index in [1.165, 1.54) is 30.5 Å². The zero-order valence-corrected chi connectivity index (χ0v) is 10.4. The van der Waals surface area contributed by atoms with Crippen LogP contribution in [0.2, 0.25) is 5.02 Å². The molecule has 0 aliphatic rings. The number of carbonyl (C=O) groups is 1. The molecule has 1 heterocycles. The second-order valence-corrected chi connectivity index (χ2v) is 4.01. The number of nitrogens with zero attached hydrogens (tertiary/aromatic N) is 1. The van der Waals surface area contributed by atoms with Crippen LogP contribution in [-0.2, 0) is 0 Å². The fourth-order valence-electron chi connectivity index (χ4n) is 1.49. The van der Waals surface area contributed by atoms with Crippen molar-refractivity contribution in [1.82, 2.24) is 4.98 Å². The number of anilines is 2. The van der Waals surface area contributed by atoms with Crippen LogP contribution in [0.25, 0.3) is 0 Å². The number of hydrogen-bond donors (Lipinski definition) is 3. The molecular weight excluding hydrogens is 271 g/mol. The molecule has 5 nitrogen and oxygen atoms in total. The molecule has 98 valence electrons. The van der Waals surface area contributed by atoms with E-state index in [4.69, 9.17) is 17.4 Å². The van der Waals surface area contributed by atoms with Gasteiger partial charge >= 0.3 is 0 Å². The molecule has 19 heavy (non-hydrogen) atoms. The number of amides is 1. The zero-order valence-electron chi connectivity index (χ0n) is 9.65. The molecule has 0 aliphatic heterocycles. The molecule has 2 aromatic rings. The Bertz CT molecular complexity index is 620. The molecule has 4 N–H and O–H groups in total. The predicted octanol–water partition coefficient (Wildman–Crippen LogP) is 2.41. The molecule has 1 aromatic carbocycles. The van der Waals surface area contributed by atoms with E-state index in [-0.39, 0.29) is 22.1 Å². The Morgan fingerprint density at radius 3 is 2.84 bits per heavy atom. The van der Waals surface area contributed by atoms with Gasteiger partial charge in [0.2, 0.25) is 0 Å². The van der Waals surface area contributed by atoms with Crippen molar-refractivity contribution in [1.29, 1.82) is 0 Å². The van der Waals surface area contributed by atoms with Gasteiger partial charge in [0.15, 0.2) is 11.6 Å². The Morgan fingerprint density at radius 2 is 2.11 bits per heavy atom. The smallest absolute Gasteiger partial charge is 0.259 e. The molecule has 0 atom stereocenters. The summed E-state index contributed by atoms with van der Waals surface area (Å²) >= 11 is 5.63. The van der Waals surface area contributed by atoms with Crippen molar-refractivity contribution in [3.05, 3.63) is 52.9 Å². The van der Waals surface area contributed by atoms with E-state index >= 15 is 0 Å². The maximum atomic E-state index is 13.7. The third kappa shape index (κ3) is 2.81. The van der Waals surface area contributed by atoms with Crippen molar-refractivity contribution >= 4 is 29.0 Å². The summed E-state index contributed by atoms with van der Waals surface area (Å²) in [5.74, 6) is 4.21. The Kier molecular flexibility index (Phi) is 3.94. The zero-order chi connectivity index (χ0) is 13.8. The van der Waals surface area contributed by atoms with Crippen molar-refractivity contribution in [2.45, 2.75) is 0 Å². The number of halogens is 2. The Labute approximate surface area is 113 Å². The number of nitrogens with two attached hydrogens (primary N) is 1. The second-order valence-electron chi connectivity index (χ2n) is 3.60. The molecule has 1 amide bonds. The maximum Gasteiger partial charge on any atom is 0.259 e. The van der Waals surface area contributed by atoms with Gasteiger partial charge in [0, 0.05) is 6.20 Å². The van der Waals surface area contributed by atoms with Crippen LogP contribution < -0.4 is 16.6 Å². The summed E-state index contributed by atoms with van der Waals surface area (Å²) in [6, 6.07) is 7.42. The minimum Gasteiger partial charge on any atom is -0.319 e. The molecule has 0 bridgehead atoms. The van der Waals surface area contributed by atoms with E-state index < -0.39 is 11.7 Å². The molecular formula is C12H10ClFN4O. The van der Waals surface area contributed by atoms with Crippen LogP contribution >= 0.6 is 11.6 Å². The summed E-state index contributed by atoms with van der Waals surface area (Å²) in [5.41, 5.74) is 2.49. The fraction of sp³-hybridized carbons (Fsp3) is 0. The number of carbonyl (C=O) groups excluding carboxylic acids is 1. The number of hydrogen-bond acceptors (Lipinski definition) is 4. The van der Waals surface area contributed by atoms with Gasteiger partial charge in [0.05, 0.1) is 16.3 Å². The van der Waals surface area contributed by atoms with Crippen molar-refractivity contribution in [2.75, 3.05) is 10.7 Å². The van der Waals surface area contributed by atoms with E-state index in [1.54, 1.807) is 6.07 Å². The van der Waals surface area contributed by atoms with Gasteiger partial charge in [-0.2, -0.15) is 0 Å². The quantitative estimate of drug-likeness (QED) is 0.596. The molecule has 7 heteroatoms. The normalized spacial score (nSPS) is 10.1. The third-order valence-electron chi connectivity index (χ3n) is 2.39. The van der Waals surface area contributed by atoms with Crippen LogP contribution in [0.15, 0.2) is 36.5 Å². The minimum atomic E-state index is -0.691. The fourth-order valence-corrected chi connectivity index (χ4v) is 1.67.